The third kappa shape index (κ3) is 2.31. The highest BCUT2D eigenvalue weighted by Gasteiger charge is 2.34. The van der Waals surface area contributed by atoms with Crippen LogP contribution in [0.3, 0.4) is 0 Å². The fraction of sp³-hybridized carbons (Fsp3) is 0.286. The SMILES string of the molecule is FC(F)c1cc(Cl)c(C(F)(F)F)cn1. The van der Waals surface area contributed by atoms with Gasteiger partial charge in [0.1, 0.15) is 5.69 Å². The van der Waals surface area contributed by atoms with Crippen molar-refractivity contribution in [3.8, 4) is 0 Å². The Labute approximate surface area is 80.5 Å². The maximum Gasteiger partial charge on any atom is 0.419 e. The van der Waals surface area contributed by atoms with E-state index in [1.165, 1.54) is 0 Å². The molecule has 0 spiro atoms. The topological polar surface area (TPSA) is 12.9 Å². The Morgan fingerprint density at radius 1 is 1.29 bits per heavy atom. The van der Waals surface area contributed by atoms with E-state index in [4.69, 9.17) is 11.6 Å². The van der Waals surface area contributed by atoms with E-state index in [2.05, 4.69) is 4.98 Å². The van der Waals surface area contributed by atoms with Gasteiger partial charge in [-0.05, 0) is 6.07 Å². The molecule has 0 aliphatic rings. The van der Waals surface area contributed by atoms with Crippen LogP contribution < -0.4 is 0 Å². The summed E-state index contributed by atoms with van der Waals surface area (Å²) in [5, 5.41) is -0.775. The summed E-state index contributed by atoms with van der Waals surface area (Å²) in [6, 6.07) is 0.509. The smallest absolute Gasteiger partial charge is 0.255 e. The Morgan fingerprint density at radius 3 is 2.21 bits per heavy atom. The predicted molar refractivity (Wildman–Crippen MR) is 39.2 cm³/mol. The second-order valence-electron chi connectivity index (χ2n) is 2.39. The van der Waals surface area contributed by atoms with Gasteiger partial charge in [0.15, 0.2) is 0 Å². The van der Waals surface area contributed by atoms with Gasteiger partial charge in [0.2, 0.25) is 0 Å². The minimum absolute atomic E-state index is 0.295. The number of rotatable bonds is 1. The highest BCUT2D eigenvalue weighted by molar-refractivity contribution is 6.31. The number of nitrogens with zero attached hydrogens (tertiary/aromatic N) is 1. The zero-order valence-corrected chi connectivity index (χ0v) is 7.20. The van der Waals surface area contributed by atoms with Gasteiger partial charge in [0.25, 0.3) is 6.43 Å². The van der Waals surface area contributed by atoms with Gasteiger partial charge < -0.3 is 0 Å². The van der Waals surface area contributed by atoms with E-state index in [0.29, 0.717) is 12.3 Å². The van der Waals surface area contributed by atoms with Crippen LogP contribution >= 0.6 is 11.6 Å². The van der Waals surface area contributed by atoms with Crippen LogP contribution in [0.1, 0.15) is 17.7 Å². The van der Waals surface area contributed by atoms with Crippen LogP contribution in [-0.2, 0) is 6.18 Å². The molecule has 0 N–H and O–H groups in total. The van der Waals surface area contributed by atoms with Gasteiger partial charge in [0, 0.05) is 6.20 Å². The van der Waals surface area contributed by atoms with Gasteiger partial charge in [-0.3, -0.25) is 4.98 Å². The monoisotopic (exact) mass is 231 g/mol. The van der Waals surface area contributed by atoms with Crippen LogP contribution in [-0.4, -0.2) is 4.98 Å². The molecule has 0 amide bonds. The molecular weight excluding hydrogens is 229 g/mol. The Kier molecular flexibility index (Phi) is 2.94. The third-order valence-electron chi connectivity index (χ3n) is 1.40. The Balaban J connectivity index is 3.15. The Hall–Kier alpha value is -0.910. The first-order valence-electron chi connectivity index (χ1n) is 3.33. The van der Waals surface area contributed by atoms with Crippen molar-refractivity contribution in [3.63, 3.8) is 0 Å². The summed E-state index contributed by atoms with van der Waals surface area (Å²) in [6.45, 7) is 0. The lowest BCUT2D eigenvalue weighted by atomic mass is 10.2. The molecule has 0 unspecified atom stereocenters. The predicted octanol–water partition coefficient (Wildman–Crippen LogP) is 3.69. The molecule has 0 radical (unpaired) electrons. The van der Waals surface area contributed by atoms with Crippen molar-refractivity contribution >= 4 is 11.6 Å². The summed E-state index contributed by atoms with van der Waals surface area (Å²) in [5.74, 6) is 0. The molecule has 0 aliphatic carbocycles. The largest absolute Gasteiger partial charge is 0.419 e. The number of pyridine rings is 1. The lowest BCUT2D eigenvalue weighted by Crippen LogP contribution is -2.07. The molecule has 0 aliphatic heterocycles. The molecule has 1 nitrogen and oxygen atoms in total. The van der Waals surface area contributed by atoms with Crippen molar-refractivity contribution in [2.75, 3.05) is 0 Å². The van der Waals surface area contributed by atoms with Gasteiger partial charge in [-0.2, -0.15) is 13.2 Å². The van der Waals surface area contributed by atoms with E-state index < -0.39 is 28.9 Å². The molecule has 1 rings (SSSR count). The van der Waals surface area contributed by atoms with Crippen molar-refractivity contribution in [1.82, 2.24) is 4.98 Å². The summed E-state index contributed by atoms with van der Waals surface area (Å²) in [4.78, 5) is 2.95. The van der Waals surface area contributed by atoms with Crippen LogP contribution in [0.25, 0.3) is 0 Å². The van der Waals surface area contributed by atoms with E-state index in [9.17, 15) is 22.0 Å². The van der Waals surface area contributed by atoms with Gasteiger partial charge in [-0.15, -0.1) is 0 Å². The molecule has 0 atom stereocenters. The molecule has 0 saturated carbocycles. The van der Waals surface area contributed by atoms with Gasteiger partial charge >= 0.3 is 6.18 Å². The molecule has 0 bridgehead atoms. The number of alkyl halides is 5. The summed E-state index contributed by atoms with van der Waals surface area (Å²) in [6.07, 6.45) is -7.32. The molecule has 1 aromatic heterocycles. The van der Waals surface area contributed by atoms with Crippen molar-refractivity contribution < 1.29 is 22.0 Å². The maximum atomic E-state index is 12.1. The molecule has 1 aromatic rings. The zero-order valence-electron chi connectivity index (χ0n) is 6.45. The number of aromatic nitrogens is 1. The average Bonchev–Trinajstić information content (AvgIpc) is 2.01. The van der Waals surface area contributed by atoms with Crippen molar-refractivity contribution in [3.05, 3.63) is 28.5 Å². The first kappa shape index (κ1) is 11.2. The molecule has 78 valence electrons. The second-order valence-corrected chi connectivity index (χ2v) is 2.79. The van der Waals surface area contributed by atoms with E-state index in [0.717, 1.165) is 0 Å². The molecule has 0 aromatic carbocycles. The highest BCUT2D eigenvalue weighted by atomic mass is 35.5. The third-order valence-corrected chi connectivity index (χ3v) is 1.72. The molecule has 14 heavy (non-hydrogen) atoms. The highest BCUT2D eigenvalue weighted by Crippen LogP contribution is 2.35. The lowest BCUT2D eigenvalue weighted by Gasteiger charge is -2.08. The lowest BCUT2D eigenvalue weighted by molar-refractivity contribution is -0.137. The van der Waals surface area contributed by atoms with E-state index in [-0.39, 0.29) is 0 Å². The van der Waals surface area contributed by atoms with Gasteiger partial charge in [-0.1, -0.05) is 11.6 Å². The van der Waals surface area contributed by atoms with Crippen molar-refractivity contribution in [2.45, 2.75) is 12.6 Å². The fourth-order valence-corrected chi connectivity index (χ4v) is 1.04. The van der Waals surface area contributed by atoms with E-state index >= 15 is 0 Å². The van der Waals surface area contributed by atoms with Crippen molar-refractivity contribution in [2.24, 2.45) is 0 Å². The number of halogens is 6. The Morgan fingerprint density at radius 2 is 1.86 bits per heavy atom. The van der Waals surface area contributed by atoms with Crippen LogP contribution in [0.15, 0.2) is 12.3 Å². The van der Waals surface area contributed by atoms with Crippen LogP contribution in [0, 0.1) is 0 Å². The summed E-state index contributed by atoms with van der Waals surface area (Å²) >= 11 is 5.16. The zero-order chi connectivity index (χ0) is 10.9. The Bertz CT molecular complexity index is 335. The second kappa shape index (κ2) is 3.68. The molecule has 0 fully saturated rings. The normalized spacial score (nSPS) is 12.2. The van der Waals surface area contributed by atoms with Crippen molar-refractivity contribution in [1.29, 1.82) is 0 Å². The first-order chi connectivity index (χ1) is 6.32. The van der Waals surface area contributed by atoms with Crippen LogP contribution in [0.2, 0.25) is 5.02 Å². The molecule has 1 heterocycles. The quantitative estimate of drug-likeness (QED) is 0.672. The summed E-state index contributed by atoms with van der Waals surface area (Å²) < 4.78 is 60.2. The average molecular weight is 232 g/mol. The summed E-state index contributed by atoms with van der Waals surface area (Å²) in [7, 11) is 0. The fourth-order valence-electron chi connectivity index (χ4n) is 0.774. The maximum absolute atomic E-state index is 12.1. The van der Waals surface area contributed by atoms with E-state index in [1.54, 1.807) is 0 Å². The molecule has 7 heteroatoms. The molecular formula is C7H3ClF5N. The van der Waals surface area contributed by atoms with Gasteiger partial charge in [0.05, 0.1) is 10.6 Å². The number of hydrogen-bond acceptors (Lipinski definition) is 1. The first-order valence-corrected chi connectivity index (χ1v) is 3.71. The van der Waals surface area contributed by atoms with Crippen LogP contribution in [0.5, 0.6) is 0 Å². The minimum atomic E-state index is -4.68. The standard InChI is InChI=1S/C7H3ClF5N/c8-4-1-5(6(9)10)14-2-3(4)7(11,12)13/h1-2,6H. The van der Waals surface area contributed by atoms with E-state index in [1.807, 2.05) is 0 Å². The molecule has 0 saturated heterocycles. The van der Waals surface area contributed by atoms with Gasteiger partial charge in [-0.25, -0.2) is 8.78 Å². The number of hydrogen-bond donors (Lipinski definition) is 0. The van der Waals surface area contributed by atoms with Crippen LogP contribution in [0.4, 0.5) is 22.0 Å². The summed E-state index contributed by atoms with van der Waals surface area (Å²) in [5.41, 5.74) is -1.99. The minimum Gasteiger partial charge on any atom is -0.255 e.